The number of Topliss-reactive ketones (excluding diaryl/α,β-unsaturated/α-hetero) is 1. The Hall–Kier alpha value is -0.410. The zero-order valence-corrected chi connectivity index (χ0v) is 6.40. The van der Waals surface area contributed by atoms with Crippen LogP contribution in [-0.4, -0.2) is 28.2 Å². The van der Waals surface area contributed by atoms with E-state index in [4.69, 9.17) is 5.11 Å². The summed E-state index contributed by atoms with van der Waals surface area (Å²) in [5.41, 5.74) is 0. The van der Waals surface area contributed by atoms with Crippen molar-refractivity contribution in [2.75, 3.05) is 0 Å². The third-order valence-electron chi connectivity index (χ3n) is 3.00. The molecular weight excluding hydrogens is 144 g/mol. The zero-order valence-electron chi connectivity index (χ0n) is 6.40. The molecule has 5 atom stereocenters. The van der Waals surface area contributed by atoms with Gasteiger partial charge in [-0.2, -0.15) is 0 Å². The van der Waals surface area contributed by atoms with Crippen molar-refractivity contribution in [2.45, 2.75) is 25.6 Å². The minimum Gasteiger partial charge on any atom is -0.390 e. The summed E-state index contributed by atoms with van der Waals surface area (Å²) in [7, 11) is 0. The van der Waals surface area contributed by atoms with E-state index in [9.17, 15) is 9.90 Å². The first-order valence-corrected chi connectivity index (χ1v) is 3.99. The number of carbonyl (C=O) groups excluding carboxylic acids is 1. The molecule has 2 rings (SSSR count). The topological polar surface area (TPSA) is 57.5 Å². The number of carbonyl (C=O) groups is 1. The molecule has 0 radical (unpaired) electrons. The molecule has 2 N–H and O–H groups in total. The molecule has 62 valence electrons. The number of aliphatic hydroxyl groups excluding tert-OH is 2. The molecule has 0 spiro atoms. The number of fused-ring (bicyclic) bond motifs is 1. The Labute approximate surface area is 65.0 Å². The van der Waals surface area contributed by atoms with Crippen LogP contribution in [0.4, 0.5) is 0 Å². The average Bonchev–Trinajstić information content (AvgIpc) is 2.54. The SMILES string of the molecule is CC(=O)[C@@H]1[C@@H]2C[C@@H](O)[C@@H](O)[C@@H]21. The highest BCUT2D eigenvalue weighted by Crippen LogP contribution is 2.57. The Morgan fingerprint density at radius 1 is 1.45 bits per heavy atom. The van der Waals surface area contributed by atoms with Gasteiger partial charge in [-0.3, -0.25) is 4.79 Å². The molecule has 0 amide bonds. The van der Waals surface area contributed by atoms with E-state index in [-0.39, 0.29) is 23.5 Å². The Kier molecular flexibility index (Phi) is 1.35. The fourth-order valence-corrected chi connectivity index (χ4v) is 2.42. The fourth-order valence-electron chi connectivity index (χ4n) is 2.42. The van der Waals surface area contributed by atoms with Gasteiger partial charge >= 0.3 is 0 Å². The molecule has 0 aliphatic heterocycles. The number of hydrogen-bond acceptors (Lipinski definition) is 3. The van der Waals surface area contributed by atoms with Crippen molar-refractivity contribution in [3.05, 3.63) is 0 Å². The predicted molar refractivity (Wildman–Crippen MR) is 37.8 cm³/mol. The van der Waals surface area contributed by atoms with Crippen molar-refractivity contribution < 1.29 is 15.0 Å². The van der Waals surface area contributed by atoms with Crippen LogP contribution in [0.2, 0.25) is 0 Å². The maximum absolute atomic E-state index is 10.9. The van der Waals surface area contributed by atoms with Gasteiger partial charge < -0.3 is 10.2 Å². The van der Waals surface area contributed by atoms with Crippen molar-refractivity contribution in [1.82, 2.24) is 0 Å². The third-order valence-corrected chi connectivity index (χ3v) is 3.00. The number of aliphatic hydroxyl groups is 2. The highest BCUT2D eigenvalue weighted by molar-refractivity contribution is 5.82. The minimum atomic E-state index is -0.645. The van der Waals surface area contributed by atoms with Crippen LogP contribution in [0.5, 0.6) is 0 Å². The Morgan fingerprint density at radius 2 is 2.09 bits per heavy atom. The third kappa shape index (κ3) is 0.844. The lowest BCUT2D eigenvalue weighted by Crippen LogP contribution is -2.26. The van der Waals surface area contributed by atoms with Gasteiger partial charge in [0.1, 0.15) is 5.78 Å². The van der Waals surface area contributed by atoms with Crippen molar-refractivity contribution in [3.8, 4) is 0 Å². The van der Waals surface area contributed by atoms with Crippen molar-refractivity contribution in [2.24, 2.45) is 17.8 Å². The lowest BCUT2D eigenvalue weighted by molar-refractivity contribution is -0.119. The summed E-state index contributed by atoms with van der Waals surface area (Å²) in [5.74, 6) is 0.555. The standard InChI is InChI=1S/C8H12O3/c1-3(9)6-4-2-5(10)8(11)7(4)6/h4-8,10-11H,2H2,1H3/t4-,5+,6+,7-,8+/m0/s1. The Morgan fingerprint density at radius 3 is 2.45 bits per heavy atom. The first kappa shape index (κ1) is 7.25. The van der Waals surface area contributed by atoms with Gasteiger partial charge in [0.2, 0.25) is 0 Å². The smallest absolute Gasteiger partial charge is 0.133 e. The zero-order chi connectivity index (χ0) is 8.17. The first-order valence-electron chi connectivity index (χ1n) is 3.99. The van der Waals surface area contributed by atoms with Crippen LogP contribution in [0.15, 0.2) is 0 Å². The normalized spacial score (nSPS) is 53.9. The van der Waals surface area contributed by atoms with Crippen molar-refractivity contribution >= 4 is 5.78 Å². The molecule has 0 saturated heterocycles. The maximum Gasteiger partial charge on any atom is 0.133 e. The van der Waals surface area contributed by atoms with E-state index in [1.807, 2.05) is 0 Å². The van der Waals surface area contributed by atoms with Gasteiger partial charge in [0.05, 0.1) is 12.2 Å². The van der Waals surface area contributed by atoms with Crippen LogP contribution < -0.4 is 0 Å². The van der Waals surface area contributed by atoms with Crippen LogP contribution in [0, 0.1) is 17.8 Å². The molecule has 0 bridgehead atoms. The van der Waals surface area contributed by atoms with E-state index in [1.165, 1.54) is 0 Å². The first-order chi connectivity index (χ1) is 5.13. The monoisotopic (exact) mass is 156 g/mol. The van der Waals surface area contributed by atoms with Crippen LogP contribution in [0.3, 0.4) is 0 Å². The fraction of sp³-hybridized carbons (Fsp3) is 0.875. The molecular formula is C8H12O3. The van der Waals surface area contributed by atoms with E-state index in [2.05, 4.69) is 0 Å². The molecule has 2 aliphatic carbocycles. The molecule has 3 nitrogen and oxygen atoms in total. The predicted octanol–water partition coefficient (Wildman–Crippen LogP) is -0.437. The van der Waals surface area contributed by atoms with E-state index < -0.39 is 12.2 Å². The Bertz CT molecular complexity index is 202. The van der Waals surface area contributed by atoms with Gasteiger partial charge in [0, 0.05) is 11.8 Å². The maximum atomic E-state index is 10.9. The highest BCUT2D eigenvalue weighted by Gasteiger charge is 2.63. The Balaban J connectivity index is 2.05. The summed E-state index contributed by atoms with van der Waals surface area (Å²) in [6.45, 7) is 1.56. The molecule has 3 heteroatoms. The molecule has 0 aromatic heterocycles. The molecule has 0 heterocycles. The molecule has 2 fully saturated rings. The second-order valence-corrected chi connectivity index (χ2v) is 3.67. The molecule has 2 aliphatic rings. The summed E-state index contributed by atoms with van der Waals surface area (Å²) >= 11 is 0. The second kappa shape index (κ2) is 2.05. The summed E-state index contributed by atoms with van der Waals surface area (Å²) < 4.78 is 0. The van der Waals surface area contributed by atoms with E-state index >= 15 is 0 Å². The van der Waals surface area contributed by atoms with Crippen molar-refractivity contribution in [1.29, 1.82) is 0 Å². The second-order valence-electron chi connectivity index (χ2n) is 3.67. The summed E-state index contributed by atoms with van der Waals surface area (Å²) in [6, 6.07) is 0. The highest BCUT2D eigenvalue weighted by atomic mass is 16.3. The summed E-state index contributed by atoms with van der Waals surface area (Å²) in [6.07, 6.45) is -0.620. The number of rotatable bonds is 1. The van der Waals surface area contributed by atoms with Crippen LogP contribution >= 0.6 is 0 Å². The van der Waals surface area contributed by atoms with Crippen molar-refractivity contribution in [3.63, 3.8) is 0 Å². The lowest BCUT2D eigenvalue weighted by Gasteiger charge is -2.12. The van der Waals surface area contributed by atoms with Crippen LogP contribution in [0.25, 0.3) is 0 Å². The van der Waals surface area contributed by atoms with E-state index in [0.717, 1.165) is 0 Å². The summed E-state index contributed by atoms with van der Waals surface area (Å²) in [4.78, 5) is 10.9. The van der Waals surface area contributed by atoms with Gasteiger partial charge in [-0.1, -0.05) is 0 Å². The molecule has 0 unspecified atom stereocenters. The minimum absolute atomic E-state index is 0.0494. The quantitative estimate of drug-likeness (QED) is 0.541. The lowest BCUT2D eigenvalue weighted by atomic mass is 10.1. The molecule has 0 aromatic rings. The number of ketones is 1. The molecule has 11 heavy (non-hydrogen) atoms. The van der Waals surface area contributed by atoms with Crippen LogP contribution in [-0.2, 0) is 4.79 Å². The van der Waals surface area contributed by atoms with E-state index in [0.29, 0.717) is 6.42 Å². The summed E-state index contributed by atoms with van der Waals surface area (Å²) in [5, 5.41) is 18.5. The number of hydrogen-bond donors (Lipinski definition) is 2. The van der Waals surface area contributed by atoms with E-state index in [1.54, 1.807) is 6.92 Å². The van der Waals surface area contributed by atoms with Gasteiger partial charge in [-0.25, -0.2) is 0 Å². The van der Waals surface area contributed by atoms with Gasteiger partial charge in [0.15, 0.2) is 0 Å². The van der Waals surface area contributed by atoms with Crippen LogP contribution in [0.1, 0.15) is 13.3 Å². The van der Waals surface area contributed by atoms with Gasteiger partial charge in [-0.05, 0) is 19.3 Å². The largest absolute Gasteiger partial charge is 0.390 e. The van der Waals surface area contributed by atoms with Gasteiger partial charge in [-0.15, -0.1) is 0 Å². The molecule has 0 aromatic carbocycles. The van der Waals surface area contributed by atoms with Gasteiger partial charge in [0.25, 0.3) is 0 Å². The average molecular weight is 156 g/mol. The molecule has 2 saturated carbocycles.